The van der Waals surface area contributed by atoms with Crippen molar-refractivity contribution >= 4 is 13.7 Å². The molecule has 0 saturated heterocycles. The van der Waals surface area contributed by atoms with Crippen LogP contribution in [0.1, 0.15) is 239 Å². The van der Waals surface area contributed by atoms with Gasteiger partial charge in [-0.1, -0.05) is 220 Å². The Kier molecular flexibility index (Phi) is 49.4. The molecule has 0 saturated carbocycles. The van der Waals surface area contributed by atoms with E-state index in [0.717, 1.165) is 77.0 Å². The van der Waals surface area contributed by atoms with Gasteiger partial charge in [0.25, 0.3) is 0 Å². The van der Waals surface area contributed by atoms with E-state index in [-0.39, 0.29) is 18.9 Å². The molecule has 0 aromatic carbocycles. The summed E-state index contributed by atoms with van der Waals surface area (Å²) in [6.07, 6.45) is 68.5. The fourth-order valence-corrected chi connectivity index (χ4v) is 8.97. The van der Waals surface area contributed by atoms with Crippen molar-refractivity contribution in [1.29, 1.82) is 0 Å². The van der Waals surface area contributed by atoms with Gasteiger partial charge in [0.15, 0.2) is 0 Å². The third-order valence-electron chi connectivity index (χ3n) is 12.8. The van der Waals surface area contributed by atoms with Gasteiger partial charge in [-0.05, 0) is 96.8 Å². The number of quaternary nitrogens is 1. The number of phosphoric acid groups is 1. The number of carbonyl (C=O) groups excluding carboxylic acids is 1. The highest BCUT2D eigenvalue weighted by Gasteiger charge is 2.31. The number of carbonyl (C=O) groups is 1. The number of rotatable bonds is 52. The standard InChI is InChI=1S/C61H111N2O7P/c1-6-8-10-12-14-16-18-20-21-22-23-24-25-26-27-28-29-30-31-32-33-34-35-36-37-38-39-40-41-42-44-46-48-50-52-54-60(65)62-58(57-70-71(67,68)69-56-55-63(3,4)5)61(66)59(64)53-51-49-47-45-43-19-17-15-13-11-9-7-2/h7-10,14-17,20-21,23-24,45,47,58-59,61,64,66H,6,11-13,18-19,22,25-44,46,48-57H2,1-5H3,(H-,62,65,67,68)/p+1/b9-7+,10-8-,16-14-,17-15+,21-20-,24-23-,47-45+. The zero-order valence-electron chi connectivity index (χ0n) is 46.6. The molecule has 4 N–H and O–H groups in total. The number of amides is 1. The van der Waals surface area contributed by atoms with Gasteiger partial charge in [0.2, 0.25) is 5.91 Å². The van der Waals surface area contributed by atoms with Crippen LogP contribution in [0.15, 0.2) is 85.1 Å². The third-order valence-corrected chi connectivity index (χ3v) is 13.8. The first kappa shape index (κ1) is 68.6. The SMILES string of the molecule is C/C=C/CC/C=C/CC/C=C/CCCC(O)C(O)C(COP(=O)(O)OCC[N+](C)(C)C)NC(=O)CCCCCCCCCCCCCCCCCCCCCCCC/C=C\C/C=C\C/C=C\C/C=C\CC. The third kappa shape index (κ3) is 52.3. The molecule has 4 unspecified atom stereocenters. The summed E-state index contributed by atoms with van der Waals surface area (Å²) in [5.74, 6) is -0.274. The van der Waals surface area contributed by atoms with Gasteiger partial charge in [0.1, 0.15) is 19.3 Å². The van der Waals surface area contributed by atoms with Crippen molar-refractivity contribution in [2.45, 2.75) is 257 Å². The van der Waals surface area contributed by atoms with Crippen LogP contribution < -0.4 is 5.32 Å². The predicted molar refractivity (Wildman–Crippen MR) is 305 cm³/mol. The number of likely N-dealkylation sites (N-methyl/N-ethyl adjacent to an activating group) is 1. The molecule has 10 heteroatoms. The number of hydrogen-bond acceptors (Lipinski definition) is 6. The Morgan fingerprint density at radius 3 is 1.35 bits per heavy atom. The van der Waals surface area contributed by atoms with E-state index < -0.39 is 32.7 Å². The molecule has 0 bridgehead atoms. The van der Waals surface area contributed by atoms with Gasteiger partial charge in [0, 0.05) is 6.42 Å². The second-order valence-electron chi connectivity index (χ2n) is 20.8. The molecule has 0 aliphatic heterocycles. The Morgan fingerprint density at radius 1 is 0.521 bits per heavy atom. The average molecular weight is 1020 g/mol. The molecule has 0 aromatic rings. The minimum Gasteiger partial charge on any atom is -0.390 e. The van der Waals surface area contributed by atoms with Gasteiger partial charge in [-0.25, -0.2) is 4.57 Å². The van der Waals surface area contributed by atoms with Crippen LogP contribution in [-0.2, 0) is 18.4 Å². The van der Waals surface area contributed by atoms with Crippen molar-refractivity contribution in [3.8, 4) is 0 Å². The maximum atomic E-state index is 13.0. The summed E-state index contributed by atoms with van der Waals surface area (Å²) in [4.78, 5) is 23.3. The van der Waals surface area contributed by atoms with Gasteiger partial charge >= 0.3 is 7.82 Å². The van der Waals surface area contributed by atoms with E-state index in [1.54, 1.807) is 0 Å². The number of nitrogens with one attached hydrogen (secondary N) is 1. The predicted octanol–water partition coefficient (Wildman–Crippen LogP) is 16.6. The molecule has 0 aromatic heterocycles. The minimum atomic E-state index is -4.44. The molecule has 0 radical (unpaired) electrons. The molecule has 412 valence electrons. The van der Waals surface area contributed by atoms with Crippen molar-refractivity contribution in [2.24, 2.45) is 0 Å². The first-order valence-electron chi connectivity index (χ1n) is 29.0. The van der Waals surface area contributed by atoms with E-state index in [1.165, 1.54) is 128 Å². The smallest absolute Gasteiger partial charge is 0.390 e. The zero-order chi connectivity index (χ0) is 52.2. The molecule has 0 heterocycles. The van der Waals surface area contributed by atoms with E-state index in [2.05, 4.69) is 97.3 Å². The summed E-state index contributed by atoms with van der Waals surface area (Å²) >= 11 is 0. The molecular formula is C61H112N2O7P+. The van der Waals surface area contributed by atoms with Crippen LogP contribution in [0.5, 0.6) is 0 Å². The number of aliphatic hydroxyl groups excluding tert-OH is 2. The Bertz CT molecular complexity index is 1450. The summed E-state index contributed by atoms with van der Waals surface area (Å²) < 4.78 is 23.6. The molecule has 0 fully saturated rings. The van der Waals surface area contributed by atoms with Crippen LogP contribution in [0.2, 0.25) is 0 Å². The highest BCUT2D eigenvalue weighted by molar-refractivity contribution is 7.47. The Labute approximate surface area is 438 Å². The fraction of sp³-hybridized carbons (Fsp3) is 0.754. The molecule has 0 aliphatic rings. The first-order valence-corrected chi connectivity index (χ1v) is 30.5. The van der Waals surface area contributed by atoms with Crippen LogP contribution >= 0.6 is 7.82 Å². The number of aliphatic hydroxyl groups is 2. The largest absolute Gasteiger partial charge is 0.472 e. The fourth-order valence-electron chi connectivity index (χ4n) is 8.23. The summed E-state index contributed by atoms with van der Waals surface area (Å²) in [5.41, 5.74) is 0. The van der Waals surface area contributed by atoms with Crippen molar-refractivity contribution in [3.05, 3.63) is 85.1 Å². The summed E-state index contributed by atoms with van der Waals surface area (Å²) in [6, 6.07) is -1.06. The molecule has 4 atom stereocenters. The minimum absolute atomic E-state index is 0.0106. The summed E-state index contributed by atoms with van der Waals surface area (Å²) in [7, 11) is 1.40. The highest BCUT2D eigenvalue weighted by atomic mass is 31.2. The average Bonchev–Trinajstić information content (AvgIpc) is 3.33. The van der Waals surface area contributed by atoms with Crippen LogP contribution in [-0.4, -0.2) is 84.6 Å². The zero-order valence-corrected chi connectivity index (χ0v) is 47.4. The molecule has 0 aliphatic carbocycles. The van der Waals surface area contributed by atoms with Crippen molar-refractivity contribution in [2.75, 3.05) is 40.9 Å². The number of phosphoric ester groups is 1. The first-order chi connectivity index (χ1) is 34.4. The van der Waals surface area contributed by atoms with E-state index >= 15 is 0 Å². The van der Waals surface area contributed by atoms with E-state index in [4.69, 9.17) is 9.05 Å². The lowest BCUT2D eigenvalue weighted by Crippen LogP contribution is -2.51. The Morgan fingerprint density at radius 2 is 0.901 bits per heavy atom. The van der Waals surface area contributed by atoms with E-state index in [1.807, 2.05) is 28.1 Å². The lowest BCUT2D eigenvalue weighted by Gasteiger charge is -2.28. The molecule has 71 heavy (non-hydrogen) atoms. The molecule has 0 rings (SSSR count). The van der Waals surface area contributed by atoms with Crippen LogP contribution in [0.4, 0.5) is 0 Å². The van der Waals surface area contributed by atoms with E-state index in [0.29, 0.717) is 23.9 Å². The van der Waals surface area contributed by atoms with Gasteiger partial charge in [-0.3, -0.25) is 13.8 Å². The second-order valence-corrected chi connectivity index (χ2v) is 22.2. The lowest BCUT2D eigenvalue weighted by molar-refractivity contribution is -0.870. The van der Waals surface area contributed by atoms with Gasteiger partial charge in [-0.15, -0.1) is 0 Å². The quantitative estimate of drug-likeness (QED) is 0.0207. The Balaban J connectivity index is 4.05. The van der Waals surface area contributed by atoms with Gasteiger partial charge < -0.3 is 24.9 Å². The molecule has 1 amide bonds. The van der Waals surface area contributed by atoms with Crippen molar-refractivity contribution in [1.82, 2.24) is 5.32 Å². The molecule has 9 nitrogen and oxygen atoms in total. The number of allylic oxidation sites excluding steroid dienone is 14. The van der Waals surface area contributed by atoms with Gasteiger partial charge in [0.05, 0.1) is 39.9 Å². The molecule has 0 spiro atoms. The van der Waals surface area contributed by atoms with E-state index in [9.17, 15) is 24.5 Å². The second kappa shape index (κ2) is 51.1. The normalized spacial score (nSPS) is 15.0. The maximum absolute atomic E-state index is 13.0. The topological polar surface area (TPSA) is 125 Å². The van der Waals surface area contributed by atoms with Crippen LogP contribution in [0.3, 0.4) is 0 Å². The number of unbranched alkanes of at least 4 members (excludes halogenated alkanes) is 25. The van der Waals surface area contributed by atoms with Gasteiger partial charge in [-0.2, -0.15) is 0 Å². The maximum Gasteiger partial charge on any atom is 0.472 e. The van der Waals surface area contributed by atoms with Crippen molar-refractivity contribution < 1.29 is 38.0 Å². The van der Waals surface area contributed by atoms with Crippen LogP contribution in [0, 0.1) is 0 Å². The highest BCUT2D eigenvalue weighted by Crippen LogP contribution is 2.43. The number of nitrogens with zero attached hydrogens (tertiary/aromatic N) is 1. The Hall–Kier alpha value is -2.36. The number of hydrogen-bond donors (Lipinski definition) is 4. The summed E-state index contributed by atoms with van der Waals surface area (Å²) in [5, 5.41) is 24.7. The lowest BCUT2D eigenvalue weighted by atomic mass is 10.0. The van der Waals surface area contributed by atoms with Crippen molar-refractivity contribution in [3.63, 3.8) is 0 Å². The molecular weight excluding hydrogens is 904 g/mol. The summed E-state index contributed by atoms with van der Waals surface area (Å²) in [6.45, 7) is 4.25. The van der Waals surface area contributed by atoms with Crippen LogP contribution in [0.25, 0.3) is 0 Å². The monoisotopic (exact) mass is 1020 g/mol.